The summed E-state index contributed by atoms with van der Waals surface area (Å²) in [5.74, 6) is -2.44. The third kappa shape index (κ3) is 4.28. The molecule has 2 aliphatic rings. The minimum atomic E-state index is -4.83. The van der Waals surface area contributed by atoms with E-state index in [4.69, 9.17) is 0 Å². The number of aliphatic hydroxyl groups excluding tert-OH is 1. The highest BCUT2D eigenvalue weighted by Gasteiger charge is 2.53. The lowest BCUT2D eigenvalue weighted by Gasteiger charge is -2.39. The second-order valence-electron chi connectivity index (χ2n) is 10.4. The van der Waals surface area contributed by atoms with Crippen molar-refractivity contribution in [2.45, 2.75) is 63.9 Å². The molecular weight excluding hydrogens is 511 g/mol. The molecule has 9 nitrogen and oxygen atoms in total. The van der Waals surface area contributed by atoms with E-state index in [0.717, 1.165) is 18.5 Å². The molecule has 0 spiro atoms. The van der Waals surface area contributed by atoms with Gasteiger partial charge in [-0.2, -0.15) is 13.2 Å². The third-order valence-corrected chi connectivity index (χ3v) is 7.28. The highest BCUT2D eigenvalue weighted by molar-refractivity contribution is 6.09. The van der Waals surface area contributed by atoms with Crippen molar-refractivity contribution in [3.63, 3.8) is 0 Å². The maximum atomic E-state index is 14.4. The number of imidazole rings is 1. The highest BCUT2D eigenvalue weighted by Crippen LogP contribution is 2.46. The van der Waals surface area contributed by atoms with Crippen LogP contribution in [-0.4, -0.2) is 52.7 Å². The number of amides is 1. The number of anilines is 1. The van der Waals surface area contributed by atoms with Crippen molar-refractivity contribution in [3.05, 3.63) is 71.6 Å². The number of hydrogen-bond donors (Lipinski definition) is 1. The Morgan fingerprint density at radius 3 is 2.59 bits per heavy atom. The topological polar surface area (TPSA) is 102 Å². The lowest BCUT2D eigenvalue weighted by Crippen LogP contribution is -2.52. The zero-order valence-electron chi connectivity index (χ0n) is 21.5. The van der Waals surface area contributed by atoms with E-state index < -0.39 is 24.2 Å². The summed E-state index contributed by atoms with van der Waals surface area (Å²) >= 11 is 0. The van der Waals surface area contributed by atoms with Gasteiger partial charge in [0.15, 0.2) is 12.1 Å². The molecule has 12 heteroatoms. The molecule has 3 aromatic heterocycles. The standard InChI is InChI=1S/C27H26F3N7O2/c1-14(2)36-13-32-34-24(36)19-5-4-6-22(33-19)37-25(38)18-10-21(35-11-20(31-12-35)16-7-8-16)15(3)9-17(18)23(26(37)39)27(28,29)30/h4-6,9-14,16,23,26,39H,7-8H2,1-3H3. The average molecular weight is 538 g/mol. The molecule has 4 heterocycles. The van der Waals surface area contributed by atoms with Gasteiger partial charge in [0.05, 0.1) is 17.7 Å². The summed E-state index contributed by atoms with van der Waals surface area (Å²) < 4.78 is 46.8. The molecule has 39 heavy (non-hydrogen) atoms. The van der Waals surface area contributed by atoms with E-state index in [9.17, 15) is 23.1 Å². The Morgan fingerprint density at radius 2 is 1.90 bits per heavy atom. The summed E-state index contributed by atoms with van der Waals surface area (Å²) in [5.41, 5.74) is 1.88. The van der Waals surface area contributed by atoms with Crippen LogP contribution in [-0.2, 0) is 0 Å². The Bertz CT molecular complexity index is 1570. The van der Waals surface area contributed by atoms with E-state index in [1.165, 1.54) is 24.5 Å². The molecule has 0 bridgehead atoms. The smallest absolute Gasteiger partial charge is 0.372 e. The number of fused-ring (bicyclic) bond motifs is 1. The van der Waals surface area contributed by atoms with Gasteiger partial charge in [0.2, 0.25) is 0 Å². The first-order valence-electron chi connectivity index (χ1n) is 12.7. The first-order chi connectivity index (χ1) is 18.5. The summed E-state index contributed by atoms with van der Waals surface area (Å²) in [4.78, 5) is 23.4. The number of halogens is 3. The van der Waals surface area contributed by atoms with Crippen molar-refractivity contribution in [2.75, 3.05) is 4.90 Å². The van der Waals surface area contributed by atoms with Gasteiger partial charge in [-0.15, -0.1) is 10.2 Å². The number of aliphatic hydroxyl groups is 1. The monoisotopic (exact) mass is 537 g/mol. The maximum Gasteiger partial charge on any atom is 0.400 e. The Hall–Kier alpha value is -4.06. The van der Waals surface area contributed by atoms with Gasteiger partial charge in [0, 0.05) is 23.7 Å². The van der Waals surface area contributed by atoms with Crippen LogP contribution in [0, 0.1) is 6.92 Å². The largest absolute Gasteiger partial charge is 0.400 e. The number of hydrogen-bond acceptors (Lipinski definition) is 6. The molecule has 1 aliphatic carbocycles. The first-order valence-corrected chi connectivity index (χ1v) is 12.7. The fraction of sp³-hybridized carbons (Fsp3) is 0.370. The summed E-state index contributed by atoms with van der Waals surface area (Å²) in [5, 5.41) is 19.1. The molecule has 6 rings (SSSR count). The van der Waals surface area contributed by atoms with Gasteiger partial charge in [-0.1, -0.05) is 12.1 Å². The van der Waals surface area contributed by atoms with Gasteiger partial charge in [-0.05, 0) is 62.9 Å². The van der Waals surface area contributed by atoms with Crippen molar-refractivity contribution in [3.8, 4) is 17.2 Å². The van der Waals surface area contributed by atoms with Crippen LogP contribution < -0.4 is 4.90 Å². The highest BCUT2D eigenvalue weighted by atomic mass is 19.4. The second-order valence-corrected chi connectivity index (χ2v) is 10.4. The van der Waals surface area contributed by atoms with Gasteiger partial charge in [-0.25, -0.2) is 9.97 Å². The minimum absolute atomic E-state index is 0.00517. The Labute approximate surface area is 222 Å². The van der Waals surface area contributed by atoms with Crippen molar-refractivity contribution in [1.29, 1.82) is 0 Å². The lowest BCUT2D eigenvalue weighted by molar-refractivity contribution is -0.172. The predicted molar refractivity (Wildman–Crippen MR) is 136 cm³/mol. The predicted octanol–water partition coefficient (Wildman–Crippen LogP) is 4.92. The van der Waals surface area contributed by atoms with Crippen LogP contribution in [0.3, 0.4) is 0 Å². The molecule has 0 saturated heterocycles. The molecule has 4 aromatic rings. The number of aryl methyl sites for hydroxylation is 1. The van der Waals surface area contributed by atoms with E-state index in [1.54, 1.807) is 34.5 Å². The van der Waals surface area contributed by atoms with Crippen LogP contribution in [0.4, 0.5) is 19.0 Å². The maximum absolute atomic E-state index is 14.4. The van der Waals surface area contributed by atoms with Crippen molar-refractivity contribution in [1.82, 2.24) is 29.3 Å². The van der Waals surface area contributed by atoms with Crippen LogP contribution in [0.5, 0.6) is 0 Å². The molecule has 1 aromatic carbocycles. The van der Waals surface area contributed by atoms with Gasteiger partial charge in [0.25, 0.3) is 5.91 Å². The molecular formula is C27H26F3N7O2. The van der Waals surface area contributed by atoms with E-state index >= 15 is 0 Å². The lowest BCUT2D eigenvalue weighted by atomic mass is 9.85. The number of carbonyl (C=O) groups excluding carboxylic acids is 1. The van der Waals surface area contributed by atoms with Crippen LogP contribution >= 0.6 is 0 Å². The zero-order chi connectivity index (χ0) is 27.6. The number of alkyl halides is 3. The van der Waals surface area contributed by atoms with Crippen LogP contribution in [0.1, 0.15) is 71.7 Å². The van der Waals surface area contributed by atoms with Crippen molar-refractivity contribution < 1.29 is 23.1 Å². The summed E-state index contributed by atoms with van der Waals surface area (Å²) in [6, 6.07) is 7.36. The number of nitrogens with zero attached hydrogens (tertiary/aromatic N) is 7. The summed E-state index contributed by atoms with van der Waals surface area (Å²) in [7, 11) is 0. The summed E-state index contributed by atoms with van der Waals surface area (Å²) in [6.45, 7) is 5.53. The molecule has 1 N–H and O–H groups in total. The number of pyridine rings is 1. The third-order valence-electron chi connectivity index (χ3n) is 7.28. The summed E-state index contributed by atoms with van der Waals surface area (Å²) in [6.07, 6.45) is 0.0555. The second kappa shape index (κ2) is 9.01. The molecule has 202 valence electrons. The quantitative estimate of drug-likeness (QED) is 0.388. The number of benzene rings is 1. The molecule has 1 fully saturated rings. The normalized spacial score (nSPS) is 19.6. The van der Waals surface area contributed by atoms with Gasteiger partial charge >= 0.3 is 6.18 Å². The molecule has 1 aliphatic heterocycles. The number of rotatable bonds is 5. The Balaban J connectivity index is 1.47. The van der Waals surface area contributed by atoms with E-state index in [-0.39, 0.29) is 23.0 Å². The number of aromatic nitrogens is 6. The Morgan fingerprint density at radius 1 is 1.13 bits per heavy atom. The van der Waals surface area contributed by atoms with Crippen molar-refractivity contribution in [2.24, 2.45) is 0 Å². The van der Waals surface area contributed by atoms with Gasteiger partial charge in [0.1, 0.15) is 23.8 Å². The fourth-order valence-electron chi connectivity index (χ4n) is 5.13. The Kier molecular flexibility index (Phi) is 5.83. The van der Waals surface area contributed by atoms with Crippen LogP contribution in [0.15, 0.2) is 49.2 Å². The van der Waals surface area contributed by atoms with Crippen molar-refractivity contribution >= 4 is 11.7 Å². The molecule has 1 amide bonds. The molecule has 2 atom stereocenters. The van der Waals surface area contributed by atoms with Crippen LogP contribution in [0.25, 0.3) is 17.2 Å². The van der Waals surface area contributed by atoms with E-state index in [0.29, 0.717) is 33.6 Å². The zero-order valence-corrected chi connectivity index (χ0v) is 21.5. The van der Waals surface area contributed by atoms with E-state index in [1.807, 2.05) is 20.0 Å². The SMILES string of the molecule is Cc1cc2c(cc1-n1cnc(C3CC3)c1)C(=O)N(c1cccc(-c3nncn3C(C)C)n1)C(O)C2C(F)(F)F. The molecule has 0 radical (unpaired) electrons. The van der Waals surface area contributed by atoms with Gasteiger partial charge < -0.3 is 14.2 Å². The van der Waals surface area contributed by atoms with Crippen LogP contribution in [0.2, 0.25) is 0 Å². The molecule has 1 saturated carbocycles. The van der Waals surface area contributed by atoms with Gasteiger partial charge in [-0.3, -0.25) is 9.69 Å². The fourth-order valence-corrected chi connectivity index (χ4v) is 5.13. The van der Waals surface area contributed by atoms with E-state index in [2.05, 4.69) is 20.2 Å². The number of carbonyl (C=O) groups is 1. The first kappa shape index (κ1) is 25.2. The average Bonchev–Trinajstić information content (AvgIpc) is 3.39. The molecule has 2 unspecified atom stereocenters. The minimum Gasteiger partial charge on any atom is -0.372 e.